The van der Waals surface area contributed by atoms with Crippen molar-refractivity contribution < 1.29 is 22.8 Å². The van der Waals surface area contributed by atoms with Crippen molar-refractivity contribution in [2.24, 2.45) is 0 Å². The van der Waals surface area contributed by atoms with E-state index in [0.29, 0.717) is 44.2 Å². The lowest BCUT2D eigenvalue weighted by Crippen LogP contribution is -3.15. The van der Waals surface area contributed by atoms with E-state index >= 15 is 0 Å². The van der Waals surface area contributed by atoms with Gasteiger partial charge in [0.1, 0.15) is 0 Å². The fourth-order valence-corrected chi connectivity index (χ4v) is 6.26. The van der Waals surface area contributed by atoms with Crippen LogP contribution in [0.5, 0.6) is 0 Å². The summed E-state index contributed by atoms with van der Waals surface area (Å²) in [6, 6.07) is 2.04. The van der Waals surface area contributed by atoms with Gasteiger partial charge in [0.05, 0.1) is 37.2 Å². The monoisotopic (exact) mass is 424 g/mol. The Kier molecular flexibility index (Phi) is 6.98. The summed E-state index contributed by atoms with van der Waals surface area (Å²) in [5.41, 5.74) is 3.66. The smallest absolute Gasteiger partial charge is 0.275 e. The van der Waals surface area contributed by atoms with Crippen molar-refractivity contribution in [3.8, 4) is 0 Å². The number of ether oxygens (including phenoxy) is 1. The van der Waals surface area contributed by atoms with Gasteiger partial charge in [-0.05, 0) is 62.8 Å². The van der Waals surface area contributed by atoms with Gasteiger partial charge in [-0.25, -0.2) is 8.42 Å². The van der Waals surface area contributed by atoms with Crippen LogP contribution in [0.25, 0.3) is 0 Å². The third-order valence-corrected chi connectivity index (χ3v) is 8.46. The molecule has 2 aliphatic rings. The van der Waals surface area contributed by atoms with Crippen LogP contribution in [-0.2, 0) is 19.6 Å². The Morgan fingerprint density at radius 1 is 1.17 bits per heavy atom. The van der Waals surface area contributed by atoms with Gasteiger partial charge in [0.25, 0.3) is 5.91 Å². The van der Waals surface area contributed by atoms with Gasteiger partial charge in [-0.1, -0.05) is 6.07 Å². The number of piperazine rings is 1. The van der Waals surface area contributed by atoms with E-state index in [1.54, 1.807) is 4.31 Å². The summed E-state index contributed by atoms with van der Waals surface area (Å²) < 4.78 is 33.8. The summed E-state index contributed by atoms with van der Waals surface area (Å²) in [7, 11) is -3.54. The first-order chi connectivity index (χ1) is 13.7. The third-order valence-electron chi connectivity index (χ3n) is 6.29. The summed E-state index contributed by atoms with van der Waals surface area (Å²) in [5.74, 6) is 0.00723. The molecule has 0 unspecified atom stereocenters. The Labute approximate surface area is 174 Å². The molecule has 2 heterocycles. The fraction of sp³-hybridized carbons (Fsp3) is 0.667. The van der Waals surface area contributed by atoms with Gasteiger partial charge in [-0.3, -0.25) is 4.79 Å². The van der Waals surface area contributed by atoms with Crippen molar-refractivity contribution in [3.63, 3.8) is 0 Å². The minimum Gasteiger partial charge on any atom is -0.376 e. The quantitative estimate of drug-likeness (QED) is 0.679. The molecule has 0 spiro atoms. The Bertz CT molecular complexity index is 829. The van der Waals surface area contributed by atoms with Gasteiger partial charge in [0, 0.05) is 13.2 Å². The molecule has 0 radical (unpaired) electrons. The van der Waals surface area contributed by atoms with Gasteiger partial charge in [-0.15, -0.1) is 0 Å². The topological polar surface area (TPSA) is 80.2 Å². The molecule has 2 aliphatic heterocycles. The number of rotatable bonds is 6. The summed E-state index contributed by atoms with van der Waals surface area (Å²) >= 11 is 0. The minimum atomic E-state index is -3.54. The van der Waals surface area contributed by atoms with E-state index in [0.717, 1.165) is 46.6 Å². The maximum Gasteiger partial charge on any atom is 0.275 e. The number of nitrogens with zero attached hydrogens (tertiary/aromatic N) is 1. The van der Waals surface area contributed by atoms with Gasteiger partial charge in [0.15, 0.2) is 6.54 Å². The van der Waals surface area contributed by atoms with Crippen LogP contribution in [0.3, 0.4) is 0 Å². The average molecular weight is 425 g/mol. The predicted molar refractivity (Wildman–Crippen MR) is 112 cm³/mol. The molecule has 2 saturated heterocycles. The van der Waals surface area contributed by atoms with Crippen LogP contribution >= 0.6 is 0 Å². The second kappa shape index (κ2) is 9.12. The Morgan fingerprint density at radius 3 is 2.34 bits per heavy atom. The lowest BCUT2D eigenvalue weighted by atomic mass is 10.0. The molecule has 7 nitrogen and oxygen atoms in total. The molecule has 0 aromatic heterocycles. The summed E-state index contributed by atoms with van der Waals surface area (Å²) in [6.07, 6.45) is 2.20. The number of carbonyl (C=O) groups excluding carboxylic acids is 1. The Morgan fingerprint density at radius 2 is 1.79 bits per heavy atom. The highest BCUT2D eigenvalue weighted by molar-refractivity contribution is 7.89. The first-order valence-corrected chi connectivity index (χ1v) is 11.9. The SMILES string of the molecule is Cc1cc(C)c(C)c(S(=O)(=O)N2CC[NH+](CC(=O)NC[C@H]3CCCO3)CC2)c1C. The van der Waals surface area contributed by atoms with Gasteiger partial charge in [0.2, 0.25) is 10.0 Å². The molecule has 29 heavy (non-hydrogen) atoms. The molecule has 1 aromatic rings. The summed E-state index contributed by atoms with van der Waals surface area (Å²) in [6.45, 7) is 11.5. The highest BCUT2D eigenvalue weighted by atomic mass is 32.2. The van der Waals surface area contributed by atoms with Crippen molar-refractivity contribution in [2.75, 3.05) is 45.9 Å². The van der Waals surface area contributed by atoms with Gasteiger partial charge < -0.3 is 15.0 Å². The Hall–Kier alpha value is -1.48. The molecule has 0 aliphatic carbocycles. The number of amides is 1. The van der Waals surface area contributed by atoms with Crippen LogP contribution in [-0.4, -0.2) is 70.6 Å². The zero-order chi connectivity index (χ0) is 21.2. The van der Waals surface area contributed by atoms with E-state index in [9.17, 15) is 13.2 Å². The lowest BCUT2D eigenvalue weighted by Gasteiger charge is -2.32. The van der Waals surface area contributed by atoms with E-state index in [1.165, 1.54) is 0 Å². The lowest BCUT2D eigenvalue weighted by molar-refractivity contribution is -0.895. The van der Waals surface area contributed by atoms with Gasteiger partial charge >= 0.3 is 0 Å². The van der Waals surface area contributed by atoms with Crippen LogP contribution in [0.1, 0.15) is 35.1 Å². The number of quaternary nitrogens is 1. The molecule has 8 heteroatoms. The average Bonchev–Trinajstić information content (AvgIpc) is 3.19. The normalized spacial score (nSPS) is 21.4. The number of benzene rings is 1. The largest absolute Gasteiger partial charge is 0.376 e. The molecule has 162 valence electrons. The van der Waals surface area contributed by atoms with E-state index in [1.807, 2.05) is 33.8 Å². The molecular weight excluding hydrogens is 390 g/mol. The zero-order valence-corrected chi connectivity index (χ0v) is 18.8. The number of aryl methyl sites for hydroxylation is 2. The van der Waals surface area contributed by atoms with E-state index in [2.05, 4.69) is 5.32 Å². The second-order valence-electron chi connectivity index (χ2n) is 8.36. The second-order valence-corrected chi connectivity index (χ2v) is 10.2. The zero-order valence-electron chi connectivity index (χ0n) is 18.0. The van der Waals surface area contributed by atoms with E-state index in [-0.39, 0.29) is 12.0 Å². The maximum absolute atomic E-state index is 13.3. The van der Waals surface area contributed by atoms with Crippen molar-refractivity contribution in [1.82, 2.24) is 9.62 Å². The number of sulfonamides is 1. The van der Waals surface area contributed by atoms with Crippen molar-refractivity contribution >= 4 is 15.9 Å². The van der Waals surface area contributed by atoms with Crippen LogP contribution in [0, 0.1) is 27.7 Å². The predicted octanol–water partition coefficient (Wildman–Crippen LogP) is 0.105. The molecule has 3 rings (SSSR count). The van der Waals surface area contributed by atoms with Crippen LogP contribution in [0.2, 0.25) is 0 Å². The highest BCUT2D eigenvalue weighted by Crippen LogP contribution is 2.28. The molecule has 1 aromatic carbocycles. The maximum atomic E-state index is 13.3. The number of hydrogen-bond acceptors (Lipinski definition) is 4. The van der Waals surface area contributed by atoms with Crippen LogP contribution < -0.4 is 10.2 Å². The standard InChI is InChI=1S/C21H33N3O4S/c1-15-12-16(2)18(4)21(17(15)3)29(26,27)24-9-7-23(8-10-24)14-20(25)22-13-19-6-5-11-28-19/h12,19H,5-11,13-14H2,1-4H3,(H,22,25)/p+1/t19-/m1/s1. The van der Waals surface area contributed by atoms with E-state index in [4.69, 9.17) is 4.74 Å². The number of nitrogens with one attached hydrogen (secondary N) is 2. The van der Waals surface area contributed by atoms with Crippen molar-refractivity contribution in [1.29, 1.82) is 0 Å². The highest BCUT2D eigenvalue weighted by Gasteiger charge is 2.33. The Balaban J connectivity index is 1.58. The van der Waals surface area contributed by atoms with Crippen LogP contribution in [0.4, 0.5) is 0 Å². The molecule has 2 N–H and O–H groups in total. The first kappa shape index (κ1) is 22.2. The number of carbonyl (C=O) groups is 1. The third kappa shape index (κ3) is 4.99. The number of hydrogen-bond donors (Lipinski definition) is 2. The first-order valence-electron chi connectivity index (χ1n) is 10.5. The molecule has 2 fully saturated rings. The molecule has 1 atom stereocenters. The van der Waals surface area contributed by atoms with E-state index < -0.39 is 10.0 Å². The fourth-order valence-electron chi connectivity index (χ4n) is 4.24. The minimum absolute atomic E-state index is 0.00723. The van der Waals surface area contributed by atoms with Crippen LogP contribution in [0.15, 0.2) is 11.0 Å². The molecule has 1 amide bonds. The molecule has 0 bridgehead atoms. The van der Waals surface area contributed by atoms with Crippen molar-refractivity contribution in [3.05, 3.63) is 28.3 Å². The molecule has 0 saturated carbocycles. The summed E-state index contributed by atoms with van der Waals surface area (Å²) in [4.78, 5) is 13.8. The van der Waals surface area contributed by atoms with Crippen molar-refractivity contribution in [2.45, 2.75) is 51.5 Å². The van der Waals surface area contributed by atoms with Gasteiger partial charge in [-0.2, -0.15) is 4.31 Å². The molecular formula is C21H34N3O4S+. The summed E-state index contributed by atoms with van der Waals surface area (Å²) in [5, 5.41) is 2.95.